The third kappa shape index (κ3) is 1.74. The fraction of sp³-hybridized carbons (Fsp3) is 0.400. The van der Waals surface area contributed by atoms with E-state index in [0.717, 1.165) is 24.7 Å². The second kappa shape index (κ2) is 3.24. The molecule has 0 aromatic carbocycles. The van der Waals surface area contributed by atoms with Gasteiger partial charge in [-0.25, -0.2) is 4.39 Å². The number of carbonyl (C=O) groups excluding carboxylic acids is 1. The highest BCUT2D eigenvalue weighted by atomic mass is 19.1. The van der Waals surface area contributed by atoms with E-state index in [4.69, 9.17) is 0 Å². The molecule has 3 heteroatoms. The number of carbonyl (C=O) groups is 1. The number of rotatable bonds is 3. The minimum absolute atomic E-state index is 0.239. The number of aromatic nitrogens is 1. The Balaban J connectivity index is 2.30. The van der Waals surface area contributed by atoms with Gasteiger partial charge in [0, 0.05) is 12.1 Å². The van der Waals surface area contributed by atoms with Crippen LogP contribution < -0.4 is 0 Å². The Labute approximate surface area is 75.8 Å². The average Bonchev–Trinajstić information content (AvgIpc) is 2.92. The van der Waals surface area contributed by atoms with Crippen molar-refractivity contribution in [3.63, 3.8) is 0 Å². The normalized spacial score (nSPS) is 15.8. The molecule has 13 heavy (non-hydrogen) atoms. The topological polar surface area (TPSA) is 30.0 Å². The third-order valence-electron chi connectivity index (χ3n) is 2.25. The van der Waals surface area contributed by atoms with Crippen LogP contribution in [0.25, 0.3) is 0 Å². The lowest BCUT2D eigenvalue weighted by Gasteiger charge is -2.01. The Morgan fingerprint density at radius 1 is 1.62 bits per heavy atom. The standard InChI is InChI=1S/C10H10FNO/c11-10-6-12-8(3-4-13)5-9(10)7-1-2-7/h4-7H,1-3H2. The third-order valence-corrected chi connectivity index (χ3v) is 2.25. The Bertz CT molecular complexity index is 334. The summed E-state index contributed by atoms with van der Waals surface area (Å²) in [5.74, 6) is 0.130. The zero-order chi connectivity index (χ0) is 9.26. The van der Waals surface area contributed by atoms with Crippen LogP contribution in [-0.4, -0.2) is 11.3 Å². The summed E-state index contributed by atoms with van der Waals surface area (Å²) in [5, 5.41) is 0. The minimum atomic E-state index is -0.239. The van der Waals surface area contributed by atoms with E-state index >= 15 is 0 Å². The number of aldehydes is 1. The van der Waals surface area contributed by atoms with Gasteiger partial charge in [0.1, 0.15) is 12.1 Å². The van der Waals surface area contributed by atoms with E-state index in [-0.39, 0.29) is 12.2 Å². The van der Waals surface area contributed by atoms with Gasteiger partial charge in [0.25, 0.3) is 0 Å². The monoisotopic (exact) mass is 179 g/mol. The second-order valence-electron chi connectivity index (χ2n) is 3.34. The molecule has 0 saturated heterocycles. The van der Waals surface area contributed by atoms with Crippen LogP contribution >= 0.6 is 0 Å². The van der Waals surface area contributed by atoms with Gasteiger partial charge >= 0.3 is 0 Å². The summed E-state index contributed by atoms with van der Waals surface area (Å²) in [4.78, 5) is 14.1. The zero-order valence-corrected chi connectivity index (χ0v) is 7.16. The molecule has 1 aromatic rings. The maximum atomic E-state index is 13.1. The van der Waals surface area contributed by atoms with Crippen molar-refractivity contribution in [2.45, 2.75) is 25.2 Å². The molecule has 1 aromatic heterocycles. The van der Waals surface area contributed by atoms with Gasteiger partial charge in [0.15, 0.2) is 0 Å². The van der Waals surface area contributed by atoms with Gasteiger partial charge in [-0.2, -0.15) is 0 Å². The van der Waals surface area contributed by atoms with E-state index < -0.39 is 0 Å². The van der Waals surface area contributed by atoms with E-state index in [1.165, 1.54) is 6.20 Å². The van der Waals surface area contributed by atoms with Crippen molar-refractivity contribution in [2.24, 2.45) is 0 Å². The molecule has 1 heterocycles. The number of halogens is 1. The van der Waals surface area contributed by atoms with Gasteiger partial charge in [-0.15, -0.1) is 0 Å². The van der Waals surface area contributed by atoms with Crippen molar-refractivity contribution in [3.05, 3.63) is 29.3 Å². The first-order chi connectivity index (χ1) is 6.31. The largest absolute Gasteiger partial charge is 0.303 e. The van der Waals surface area contributed by atoms with Gasteiger partial charge in [-0.1, -0.05) is 0 Å². The molecule has 2 rings (SSSR count). The minimum Gasteiger partial charge on any atom is -0.303 e. The van der Waals surface area contributed by atoms with Crippen molar-refractivity contribution >= 4 is 6.29 Å². The van der Waals surface area contributed by atoms with E-state index in [9.17, 15) is 9.18 Å². The average molecular weight is 179 g/mol. The van der Waals surface area contributed by atoms with Gasteiger partial charge < -0.3 is 4.79 Å². The maximum Gasteiger partial charge on any atom is 0.144 e. The number of hydrogen-bond donors (Lipinski definition) is 0. The second-order valence-corrected chi connectivity index (χ2v) is 3.34. The highest BCUT2D eigenvalue weighted by Gasteiger charge is 2.26. The van der Waals surface area contributed by atoms with Crippen molar-refractivity contribution in [1.82, 2.24) is 4.98 Å². The molecule has 0 bridgehead atoms. The molecule has 2 nitrogen and oxygen atoms in total. The van der Waals surface area contributed by atoms with Crippen molar-refractivity contribution < 1.29 is 9.18 Å². The van der Waals surface area contributed by atoms with Crippen LogP contribution in [0.1, 0.15) is 30.0 Å². The van der Waals surface area contributed by atoms with Gasteiger partial charge in [-0.3, -0.25) is 4.98 Å². The van der Waals surface area contributed by atoms with Gasteiger partial charge in [0.05, 0.1) is 6.20 Å². The molecule has 0 radical (unpaired) electrons. The predicted octanol–water partition coefficient (Wildman–Crippen LogP) is 1.84. The summed E-state index contributed by atoms with van der Waals surface area (Å²) in [6.07, 6.45) is 4.40. The number of hydrogen-bond acceptors (Lipinski definition) is 2. The van der Waals surface area contributed by atoms with E-state index in [0.29, 0.717) is 11.6 Å². The molecule has 0 atom stereocenters. The van der Waals surface area contributed by atoms with Crippen molar-refractivity contribution in [1.29, 1.82) is 0 Å². The smallest absolute Gasteiger partial charge is 0.144 e. The van der Waals surface area contributed by atoms with Crippen LogP contribution in [0.2, 0.25) is 0 Å². The summed E-state index contributed by atoms with van der Waals surface area (Å²) in [5.41, 5.74) is 1.39. The highest BCUT2D eigenvalue weighted by Crippen LogP contribution is 2.41. The molecule has 0 spiro atoms. The van der Waals surface area contributed by atoms with Crippen LogP contribution in [0.3, 0.4) is 0 Å². The number of pyridine rings is 1. The van der Waals surface area contributed by atoms with E-state index in [1.54, 1.807) is 6.07 Å². The highest BCUT2D eigenvalue weighted by molar-refractivity contribution is 5.53. The predicted molar refractivity (Wildman–Crippen MR) is 45.9 cm³/mol. The molecular weight excluding hydrogens is 169 g/mol. The lowest BCUT2D eigenvalue weighted by molar-refractivity contribution is -0.107. The summed E-state index contributed by atoms with van der Waals surface area (Å²) in [6, 6.07) is 1.71. The first kappa shape index (κ1) is 8.35. The maximum absolute atomic E-state index is 13.1. The summed E-state index contributed by atoms with van der Waals surface area (Å²) in [7, 11) is 0. The molecule has 1 saturated carbocycles. The lowest BCUT2D eigenvalue weighted by atomic mass is 10.1. The van der Waals surface area contributed by atoms with Gasteiger partial charge in [0.2, 0.25) is 0 Å². The van der Waals surface area contributed by atoms with E-state index in [2.05, 4.69) is 4.98 Å². The molecule has 1 aliphatic rings. The van der Waals surface area contributed by atoms with Gasteiger partial charge in [-0.05, 0) is 30.4 Å². The summed E-state index contributed by atoms with van der Waals surface area (Å²) in [6.45, 7) is 0. The zero-order valence-electron chi connectivity index (χ0n) is 7.16. The molecule has 68 valence electrons. The van der Waals surface area contributed by atoms with Crippen LogP contribution in [0, 0.1) is 5.82 Å². The fourth-order valence-electron chi connectivity index (χ4n) is 1.40. The first-order valence-corrected chi connectivity index (χ1v) is 4.39. The molecule has 0 N–H and O–H groups in total. The van der Waals surface area contributed by atoms with Crippen molar-refractivity contribution in [3.8, 4) is 0 Å². The molecule has 0 unspecified atom stereocenters. The van der Waals surface area contributed by atoms with Crippen LogP contribution in [0.15, 0.2) is 12.3 Å². The van der Waals surface area contributed by atoms with Crippen molar-refractivity contribution in [2.75, 3.05) is 0 Å². The first-order valence-electron chi connectivity index (χ1n) is 4.39. The number of nitrogens with zero attached hydrogens (tertiary/aromatic N) is 1. The Morgan fingerprint density at radius 3 is 3.00 bits per heavy atom. The summed E-state index contributed by atoms with van der Waals surface area (Å²) >= 11 is 0. The van der Waals surface area contributed by atoms with Crippen LogP contribution in [0.4, 0.5) is 4.39 Å². The lowest BCUT2D eigenvalue weighted by Crippen LogP contribution is -1.96. The molecule has 1 fully saturated rings. The van der Waals surface area contributed by atoms with Crippen LogP contribution in [-0.2, 0) is 11.2 Å². The Morgan fingerprint density at radius 2 is 2.38 bits per heavy atom. The molecule has 1 aliphatic carbocycles. The molecule has 0 amide bonds. The molecular formula is C10H10FNO. The Kier molecular flexibility index (Phi) is 2.08. The Hall–Kier alpha value is -1.25. The van der Waals surface area contributed by atoms with Crippen LogP contribution in [0.5, 0.6) is 0 Å². The quantitative estimate of drug-likeness (QED) is 0.662. The fourth-order valence-corrected chi connectivity index (χ4v) is 1.40. The SMILES string of the molecule is O=CCc1cc(C2CC2)c(F)cn1. The summed E-state index contributed by atoms with van der Waals surface area (Å²) < 4.78 is 13.1. The molecule has 0 aliphatic heterocycles. The van der Waals surface area contributed by atoms with E-state index in [1.807, 2.05) is 0 Å².